The van der Waals surface area contributed by atoms with Crippen LogP contribution in [0.2, 0.25) is 0 Å². The summed E-state index contributed by atoms with van der Waals surface area (Å²) in [7, 11) is 0. The molecule has 4 heteroatoms. The average molecular weight is 262 g/mol. The fourth-order valence-electron chi connectivity index (χ4n) is 2.28. The Labute approximate surface area is 114 Å². The Balaban J connectivity index is 2.25. The highest BCUT2D eigenvalue weighted by molar-refractivity contribution is 6.00. The van der Waals surface area contributed by atoms with Gasteiger partial charge in [0.05, 0.1) is 11.6 Å². The molecule has 0 unspecified atom stereocenters. The molecular formula is C16H10N2O2. The van der Waals surface area contributed by atoms with E-state index in [1.54, 1.807) is 18.2 Å². The number of nitriles is 1. The van der Waals surface area contributed by atoms with E-state index >= 15 is 0 Å². The van der Waals surface area contributed by atoms with Gasteiger partial charge in [0.2, 0.25) is 0 Å². The molecule has 1 heterocycles. The maximum atomic E-state index is 11.0. The molecule has 0 bridgehead atoms. The zero-order valence-electron chi connectivity index (χ0n) is 10.4. The molecule has 0 aliphatic carbocycles. The molecule has 1 aromatic heterocycles. The summed E-state index contributed by atoms with van der Waals surface area (Å²) in [4.78, 5) is 13.9. The van der Waals surface area contributed by atoms with Crippen LogP contribution in [0.15, 0.2) is 48.5 Å². The molecule has 0 fully saturated rings. The van der Waals surface area contributed by atoms with Crippen molar-refractivity contribution in [2.45, 2.75) is 0 Å². The van der Waals surface area contributed by atoms with E-state index in [0.29, 0.717) is 5.56 Å². The van der Waals surface area contributed by atoms with Crippen LogP contribution in [0.5, 0.6) is 0 Å². The van der Waals surface area contributed by atoms with Crippen LogP contribution in [-0.2, 0) is 0 Å². The van der Waals surface area contributed by atoms with Gasteiger partial charge in [-0.1, -0.05) is 24.3 Å². The first-order chi connectivity index (χ1) is 9.69. The molecule has 0 atom stereocenters. The first-order valence-electron chi connectivity index (χ1n) is 6.04. The van der Waals surface area contributed by atoms with E-state index in [0.717, 1.165) is 22.0 Å². The Hall–Kier alpha value is -3.06. The van der Waals surface area contributed by atoms with Gasteiger partial charge in [0, 0.05) is 10.9 Å². The lowest BCUT2D eigenvalue weighted by Gasteiger charge is -2.03. The first kappa shape index (κ1) is 12.0. The van der Waals surface area contributed by atoms with E-state index < -0.39 is 5.97 Å². The number of aromatic nitrogens is 1. The third-order valence-corrected chi connectivity index (χ3v) is 3.20. The summed E-state index contributed by atoms with van der Waals surface area (Å²) in [6.45, 7) is 0. The number of hydrogen-bond acceptors (Lipinski definition) is 2. The van der Waals surface area contributed by atoms with E-state index in [1.807, 2.05) is 30.3 Å². The van der Waals surface area contributed by atoms with Gasteiger partial charge >= 0.3 is 5.97 Å². The number of benzene rings is 2. The van der Waals surface area contributed by atoms with E-state index in [1.165, 1.54) is 0 Å². The lowest BCUT2D eigenvalue weighted by molar-refractivity contribution is 0.0691. The predicted molar refractivity (Wildman–Crippen MR) is 75.4 cm³/mol. The number of carbonyl (C=O) groups is 1. The minimum Gasteiger partial charge on any atom is -0.477 e. The number of aromatic carboxylic acids is 1. The van der Waals surface area contributed by atoms with Gasteiger partial charge in [-0.25, -0.2) is 4.79 Å². The largest absolute Gasteiger partial charge is 0.477 e. The fraction of sp³-hybridized carbons (Fsp3) is 0. The normalized spacial score (nSPS) is 10.3. The highest BCUT2D eigenvalue weighted by Crippen LogP contribution is 2.29. The summed E-state index contributed by atoms with van der Waals surface area (Å²) in [6, 6.07) is 16.6. The highest BCUT2D eigenvalue weighted by Gasteiger charge is 2.11. The molecule has 2 aromatic carbocycles. The van der Waals surface area contributed by atoms with Crippen molar-refractivity contribution in [1.29, 1.82) is 5.26 Å². The Morgan fingerprint density at radius 3 is 2.70 bits per heavy atom. The van der Waals surface area contributed by atoms with Crippen molar-refractivity contribution >= 4 is 16.9 Å². The molecule has 3 rings (SSSR count). The fourth-order valence-corrected chi connectivity index (χ4v) is 2.28. The van der Waals surface area contributed by atoms with Crippen LogP contribution in [0.25, 0.3) is 22.0 Å². The number of carboxylic acids is 1. The zero-order chi connectivity index (χ0) is 14.1. The monoisotopic (exact) mass is 262 g/mol. The third kappa shape index (κ3) is 1.91. The highest BCUT2D eigenvalue weighted by atomic mass is 16.4. The maximum Gasteiger partial charge on any atom is 0.352 e. The summed E-state index contributed by atoms with van der Waals surface area (Å²) < 4.78 is 0. The summed E-state index contributed by atoms with van der Waals surface area (Å²) in [5, 5.41) is 18.9. The number of nitrogens with one attached hydrogen (secondary N) is 1. The van der Waals surface area contributed by atoms with E-state index in [9.17, 15) is 4.79 Å². The van der Waals surface area contributed by atoms with Crippen molar-refractivity contribution in [3.8, 4) is 17.2 Å². The minimum absolute atomic E-state index is 0.156. The number of nitrogens with zero attached hydrogens (tertiary/aromatic N) is 1. The summed E-state index contributed by atoms with van der Waals surface area (Å²) in [5.74, 6) is -0.988. The van der Waals surface area contributed by atoms with E-state index in [2.05, 4.69) is 11.1 Å². The molecule has 4 nitrogen and oxygen atoms in total. The zero-order valence-corrected chi connectivity index (χ0v) is 10.4. The van der Waals surface area contributed by atoms with Crippen molar-refractivity contribution in [1.82, 2.24) is 4.98 Å². The van der Waals surface area contributed by atoms with Crippen molar-refractivity contribution in [2.75, 3.05) is 0 Å². The molecule has 0 spiro atoms. The molecule has 20 heavy (non-hydrogen) atoms. The van der Waals surface area contributed by atoms with Crippen molar-refractivity contribution in [2.24, 2.45) is 0 Å². The lowest BCUT2D eigenvalue weighted by atomic mass is 10.00. The number of H-pyrrole nitrogens is 1. The topological polar surface area (TPSA) is 76.9 Å². The van der Waals surface area contributed by atoms with Gasteiger partial charge in [-0.05, 0) is 35.4 Å². The van der Waals surface area contributed by atoms with Crippen LogP contribution in [0.4, 0.5) is 0 Å². The van der Waals surface area contributed by atoms with Crippen molar-refractivity contribution in [3.05, 3.63) is 59.8 Å². The standard InChI is InChI=1S/C16H10N2O2/c17-9-10-3-1-4-11(7-10)12-5-2-6-14-13(12)8-15(18-14)16(19)20/h1-8,18H,(H,19,20). The number of carboxylic acid groups (broad SMARTS) is 1. The van der Waals surface area contributed by atoms with Crippen LogP contribution >= 0.6 is 0 Å². The van der Waals surface area contributed by atoms with Gasteiger partial charge in [0.1, 0.15) is 5.69 Å². The van der Waals surface area contributed by atoms with Gasteiger partial charge in [0.25, 0.3) is 0 Å². The second-order valence-corrected chi connectivity index (χ2v) is 4.45. The Bertz CT molecular complexity index is 856. The number of hydrogen-bond donors (Lipinski definition) is 2. The molecule has 3 aromatic rings. The Morgan fingerprint density at radius 1 is 1.15 bits per heavy atom. The first-order valence-corrected chi connectivity index (χ1v) is 6.04. The molecule has 2 N–H and O–H groups in total. The van der Waals surface area contributed by atoms with Crippen LogP contribution in [0.3, 0.4) is 0 Å². The number of fused-ring (bicyclic) bond motifs is 1. The lowest BCUT2D eigenvalue weighted by Crippen LogP contribution is -1.94. The molecule has 0 amide bonds. The molecule has 0 saturated heterocycles. The second kappa shape index (κ2) is 4.56. The third-order valence-electron chi connectivity index (χ3n) is 3.20. The SMILES string of the molecule is N#Cc1cccc(-c2cccc3[nH]c(C(=O)O)cc23)c1. The summed E-state index contributed by atoms with van der Waals surface area (Å²) in [5.41, 5.74) is 3.30. The predicted octanol–water partition coefficient (Wildman–Crippen LogP) is 3.40. The van der Waals surface area contributed by atoms with Gasteiger partial charge in [-0.15, -0.1) is 0 Å². The van der Waals surface area contributed by atoms with Gasteiger partial charge in [-0.3, -0.25) is 0 Å². The minimum atomic E-state index is -0.988. The van der Waals surface area contributed by atoms with Crippen LogP contribution < -0.4 is 0 Å². The second-order valence-electron chi connectivity index (χ2n) is 4.45. The molecule has 0 aliphatic heterocycles. The number of rotatable bonds is 2. The number of aromatic amines is 1. The van der Waals surface area contributed by atoms with Gasteiger partial charge in [0.15, 0.2) is 0 Å². The van der Waals surface area contributed by atoms with Crippen LogP contribution in [-0.4, -0.2) is 16.1 Å². The van der Waals surface area contributed by atoms with Gasteiger partial charge in [-0.2, -0.15) is 5.26 Å². The van der Waals surface area contributed by atoms with Crippen LogP contribution in [0, 0.1) is 11.3 Å². The smallest absolute Gasteiger partial charge is 0.352 e. The van der Waals surface area contributed by atoms with Crippen molar-refractivity contribution < 1.29 is 9.90 Å². The Kier molecular flexibility index (Phi) is 2.73. The summed E-state index contributed by atoms with van der Waals surface area (Å²) in [6.07, 6.45) is 0. The molecule has 0 saturated carbocycles. The quantitative estimate of drug-likeness (QED) is 0.743. The van der Waals surface area contributed by atoms with Crippen LogP contribution in [0.1, 0.15) is 16.1 Å². The van der Waals surface area contributed by atoms with Gasteiger partial charge < -0.3 is 10.1 Å². The van der Waals surface area contributed by atoms with E-state index in [4.69, 9.17) is 10.4 Å². The summed E-state index contributed by atoms with van der Waals surface area (Å²) >= 11 is 0. The molecule has 0 radical (unpaired) electrons. The van der Waals surface area contributed by atoms with Crippen molar-refractivity contribution in [3.63, 3.8) is 0 Å². The average Bonchev–Trinajstić information content (AvgIpc) is 2.91. The Morgan fingerprint density at radius 2 is 1.95 bits per heavy atom. The van der Waals surface area contributed by atoms with E-state index in [-0.39, 0.29) is 5.69 Å². The molecule has 96 valence electrons. The maximum absolute atomic E-state index is 11.0. The molecule has 0 aliphatic rings. The molecular weight excluding hydrogens is 252 g/mol.